The fraction of sp³-hybridized carbons (Fsp3) is 0.167. The lowest BCUT2D eigenvalue weighted by atomic mass is 10.2. The third-order valence-corrected chi connectivity index (χ3v) is 3.33. The Balaban J connectivity index is 2.50. The van der Waals surface area contributed by atoms with Gasteiger partial charge in [0, 0.05) is 17.8 Å². The maximum Gasteiger partial charge on any atom is 0.146 e. The summed E-state index contributed by atoms with van der Waals surface area (Å²) in [5.74, 6) is 0. The molecule has 0 aromatic carbocycles. The van der Waals surface area contributed by atoms with E-state index in [9.17, 15) is 0 Å². The summed E-state index contributed by atoms with van der Waals surface area (Å²) in [4.78, 5) is 8.96. The van der Waals surface area contributed by atoms with Crippen molar-refractivity contribution in [1.82, 2.24) is 14.4 Å². The Morgan fingerprint density at radius 2 is 2.12 bits per heavy atom. The first-order chi connectivity index (χ1) is 7.79. The fourth-order valence-corrected chi connectivity index (χ4v) is 2.31. The zero-order valence-electron chi connectivity index (χ0n) is 9.14. The molecule has 3 aromatic rings. The van der Waals surface area contributed by atoms with Crippen LogP contribution in [0.4, 0.5) is 0 Å². The molecule has 0 N–H and O–H groups in total. The molecule has 3 nitrogen and oxygen atoms in total. The molecule has 3 rings (SSSR count). The largest absolute Gasteiger partial charge is 0.284 e. The molecule has 0 bridgehead atoms. The zero-order chi connectivity index (χ0) is 11.1. The molecule has 0 saturated carbocycles. The van der Waals surface area contributed by atoms with E-state index in [1.807, 2.05) is 23.1 Å². The molecule has 0 radical (unpaired) electrons. The Morgan fingerprint density at radius 1 is 1.25 bits per heavy atom. The van der Waals surface area contributed by atoms with Crippen molar-refractivity contribution in [2.24, 2.45) is 0 Å². The second kappa shape index (κ2) is 3.49. The number of nitrogens with zero attached hydrogens (tertiary/aromatic N) is 3. The smallest absolute Gasteiger partial charge is 0.146 e. The topological polar surface area (TPSA) is 30.2 Å². The Morgan fingerprint density at radius 3 is 2.94 bits per heavy atom. The van der Waals surface area contributed by atoms with Gasteiger partial charge in [0.05, 0.1) is 5.03 Å². The predicted molar refractivity (Wildman–Crippen MR) is 67.0 cm³/mol. The van der Waals surface area contributed by atoms with E-state index in [2.05, 4.69) is 35.1 Å². The van der Waals surface area contributed by atoms with Crippen LogP contribution in [0, 0.1) is 6.92 Å². The Bertz CT molecular complexity index is 672. The molecule has 80 valence electrons. The first-order valence-electron chi connectivity index (χ1n) is 5.07. The molecule has 16 heavy (non-hydrogen) atoms. The molecule has 0 aliphatic heterocycles. The van der Waals surface area contributed by atoms with Crippen molar-refractivity contribution in [3.05, 3.63) is 36.2 Å². The van der Waals surface area contributed by atoms with Crippen LogP contribution in [-0.4, -0.2) is 20.6 Å². The van der Waals surface area contributed by atoms with Crippen molar-refractivity contribution in [1.29, 1.82) is 0 Å². The summed E-state index contributed by atoms with van der Waals surface area (Å²) in [6.45, 7) is 2.07. The van der Waals surface area contributed by atoms with Crippen LogP contribution in [-0.2, 0) is 0 Å². The SMILES string of the molecule is CSc1ccc2cc(C)c3nccn3c2n1. The van der Waals surface area contributed by atoms with E-state index in [1.54, 1.807) is 11.8 Å². The number of hydrogen-bond acceptors (Lipinski definition) is 3. The molecular formula is C12H11N3S. The molecule has 0 amide bonds. The maximum atomic E-state index is 4.62. The van der Waals surface area contributed by atoms with Crippen molar-refractivity contribution in [3.8, 4) is 0 Å². The van der Waals surface area contributed by atoms with Crippen molar-refractivity contribution < 1.29 is 0 Å². The highest BCUT2D eigenvalue weighted by atomic mass is 32.2. The van der Waals surface area contributed by atoms with E-state index in [0.29, 0.717) is 0 Å². The minimum Gasteiger partial charge on any atom is -0.284 e. The van der Waals surface area contributed by atoms with E-state index < -0.39 is 0 Å². The fourth-order valence-electron chi connectivity index (χ4n) is 1.93. The number of pyridine rings is 2. The third kappa shape index (κ3) is 1.30. The summed E-state index contributed by atoms with van der Waals surface area (Å²) in [5, 5.41) is 2.19. The van der Waals surface area contributed by atoms with E-state index in [1.165, 1.54) is 5.56 Å². The van der Waals surface area contributed by atoms with Gasteiger partial charge in [-0.2, -0.15) is 0 Å². The number of thioether (sulfide) groups is 1. The van der Waals surface area contributed by atoms with Crippen LogP contribution < -0.4 is 0 Å². The molecule has 0 fully saturated rings. The van der Waals surface area contributed by atoms with Gasteiger partial charge in [-0.1, -0.05) is 0 Å². The minimum absolute atomic E-state index is 0.977. The van der Waals surface area contributed by atoms with Crippen molar-refractivity contribution >= 4 is 28.4 Å². The normalized spacial score (nSPS) is 11.4. The predicted octanol–water partition coefficient (Wildman–Crippen LogP) is 2.91. The van der Waals surface area contributed by atoms with Crippen LogP contribution >= 0.6 is 11.8 Å². The quantitative estimate of drug-likeness (QED) is 0.601. The number of imidazole rings is 1. The zero-order valence-corrected chi connectivity index (χ0v) is 9.95. The van der Waals surface area contributed by atoms with Gasteiger partial charge < -0.3 is 0 Å². The summed E-state index contributed by atoms with van der Waals surface area (Å²) < 4.78 is 2.05. The highest BCUT2D eigenvalue weighted by Gasteiger charge is 2.06. The Hall–Kier alpha value is -1.55. The molecule has 0 unspecified atom stereocenters. The van der Waals surface area contributed by atoms with Gasteiger partial charge in [0.25, 0.3) is 0 Å². The van der Waals surface area contributed by atoms with E-state index >= 15 is 0 Å². The van der Waals surface area contributed by atoms with Gasteiger partial charge in [0.1, 0.15) is 11.3 Å². The molecule has 0 spiro atoms. The Kier molecular flexibility index (Phi) is 2.11. The summed E-state index contributed by atoms with van der Waals surface area (Å²) >= 11 is 1.65. The van der Waals surface area contributed by atoms with Crippen LogP contribution in [0.25, 0.3) is 16.7 Å². The van der Waals surface area contributed by atoms with Crippen LogP contribution in [0.15, 0.2) is 35.6 Å². The molecule has 0 atom stereocenters. The van der Waals surface area contributed by atoms with Crippen LogP contribution in [0.1, 0.15) is 5.56 Å². The molecule has 4 heteroatoms. The van der Waals surface area contributed by atoms with Gasteiger partial charge in [-0.3, -0.25) is 4.40 Å². The summed E-state index contributed by atoms with van der Waals surface area (Å²) in [5.41, 5.74) is 3.14. The van der Waals surface area contributed by atoms with Crippen LogP contribution in [0.3, 0.4) is 0 Å². The molecule has 3 heterocycles. The lowest BCUT2D eigenvalue weighted by Crippen LogP contribution is -1.94. The van der Waals surface area contributed by atoms with Gasteiger partial charge in [0.15, 0.2) is 0 Å². The second-order valence-electron chi connectivity index (χ2n) is 3.71. The van der Waals surface area contributed by atoms with Crippen molar-refractivity contribution in [3.63, 3.8) is 0 Å². The van der Waals surface area contributed by atoms with Crippen LogP contribution in [0.2, 0.25) is 0 Å². The number of fused-ring (bicyclic) bond motifs is 3. The Labute approximate surface area is 97.5 Å². The van der Waals surface area contributed by atoms with Gasteiger partial charge in [-0.25, -0.2) is 9.97 Å². The number of aromatic nitrogens is 3. The number of rotatable bonds is 1. The highest BCUT2D eigenvalue weighted by molar-refractivity contribution is 7.98. The van der Waals surface area contributed by atoms with Crippen LogP contribution in [0.5, 0.6) is 0 Å². The summed E-state index contributed by atoms with van der Waals surface area (Å²) in [7, 11) is 0. The average Bonchev–Trinajstić information content (AvgIpc) is 2.78. The first-order valence-corrected chi connectivity index (χ1v) is 6.29. The first kappa shape index (κ1) is 9.66. The third-order valence-electron chi connectivity index (χ3n) is 2.68. The van der Waals surface area contributed by atoms with Crippen molar-refractivity contribution in [2.75, 3.05) is 6.26 Å². The average molecular weight is 229 g/mol. The van der Waals surface area contributed by atoms with E-state index in [0.717, 1.165) is 21.7 Å². The molecule has 3 aromatic heterocycles. The van der Waals surface area contributed by atoms with Gasteiger partial charge in [-0.05, 0) is 36.9 Å². The second-order valence-corrected chi connectivity index (χ2v) is 4.54. The lowest BCUT2D eigenvalue weighted by Gasteiger charge is -2.05. The lowest BCUT2D eigenvalue weighted by molar-refractivity contribution is 1.10. The van der Waals surface area contributed by atoms with Gasteiger partial charge >= 0.3 is 0 Å². The summed E-state index contributed by atoms with van der Waals surface area (Å²) in [6, 6.07) is 6.30. The standard InChI is InChI=1S/C12H11N3S/c1-8-7-9-3-4-10(16-2)14-12(9)15-6-5-13-11(8)15/h3-7H,1-2H3. The molecular weight excluding hydrogens is 218 g/mol. The number of hydrogen-bond donors (Lipinski definition) is 0. The molecule has 0 aliphatic rings. The monoisotopic (exact) mass is 229 g/mol. The van der Waals surface area contributed by atoms with Crippen molar-refractivity contribution in [2.45, 2.75) is 11.9 Å². The maximum absolute atomic E-state index is 4.62. The number of aryl methyl sites for hydroxylation is 1. The highest BCUT2D eigenvalue weighted by Crippen LogP contribution is 2.21. The van der Waals surface area contributed by atoms with Gasteiger partial charge in [-0.15, -0.1) is 11.8 Å². The van der Waals surface area contributed by atoms with E-state index in [4.69, 9.17) is 0 Å². The molecule has 0 aliphatic carbocycles. The van der Waals surface area contributed by atoms with E-state index in [-0.39, 0.29) is 0 Å². The van der Waals surface area contributed by atoms with Gasteiger partial charge in [0.2, 0.25) is 0 Å². The minimum atomic E-state index is 0.977. The summed E-state index contributed by atoms with van der Waals surface area (Å²) in [6.07, 6.45) is 5.81. The molecule has 0 saturated heterocycles.